The molecule has 2 N–H and O–H groups in total. The molecule has 0 aromatic heterocycles. The van der Waals surface area contributed by atoms with E-state index in [1.807, 2.05) is 18.2 Å². The van der Waals surface area contributed by atoms with Gasteiger partial charge in [-0.25, -0.2) is 0 Å². The highest BCUT2D eigenvalue weighted by atomic mass is 16.5. The Balaban J connectivity index is 1.60. The molecule has 1 aliphatic carbocycles. The zero-order valence-electron chi connectivity index (χ0n) is 16.0. The molecule has 2 atom stereocenters. The Kier molecular flexibility index (Phi) is 6.70. The number of hydrogen-bond donors (Lipinski definition) is 1. The van der Waals surface area contributed by atoms with Crippen LogP contribution in [0.15, 0.2) is 42.5 Å². The first kappa shape index (κ1) is 18.9. The van der Waals surface area contributed by atoms with Gasteiger partial charge in [0.2, 0.25) is 0 Å². The number of rotatable bonds is 8. The summed E-state index contributed by atoms with van der Waals surface area (Å²) in [5, 5.41) is 0. The molecule has 0 bridgehead atoms. The Bertz CT molecular complexity index is 713. The molecule has 0 saturated heterocycles. The van der Waals surface area contributed by atoms with Crippen molar-refractivity contribution in [3.63, 3.8) is 0 Å². The maximum Gasteiger partial charge on any atom is 0.119 e. The highest BCUT2D eigenvalue weighted by molar-refractivity contribution is 5.36. The summed E-state index contributed by atoms with van der Waals surface area (Å²) in [5.41, 5.74) is 11.5. The molecule has 1 aliphatic rings. The third kappa shape index (κ3) is 4.66. The molecular weight excluding hydrogens is 322 g/mol. The van der Waals surface area contributed by atoms with Crippen molar-refractivity contribution < 1.29 is 9.47 Å². The average Bonchev–Trinajstić information content (AvgIpc) is 2.70. The van der Waals surface area contributed by atoms with Crippen LogP contribution in [0.2, 0.25) is 0 Å². The zero-order valence-corrected chi connectivity index (χ0v) is 16.0. The molecule has 1 unspecified atom stereocenters. The van der Waals surface area contributed by atoms with E-state index in [2.05, 4.69) is 31.2 Å². The highest BCUT2D eigenvalue weighted by Gasteiger charge is 2.20. The van der Waals surface area contributed by atoms with Gasteiger partial charge in [-0.1, -0.05) is 43.7 Å². The average molecular weight is 354 g/mol. The summed E-state index contributed by atoms with van der Waals surface area (Å²) in [6.45, 7) is 3.60. The van der Waals surface area contributed by atoms with Crippen molar-refractivity contribution >= 4 is 0 Å². The molecule has 3 nitrogen and oxygen atoms in total. The second kappa shape index (κ2) is 9.20. The van der Waals surface area contributed by atoms with Gasteiger partial charge in [0.05, 0.1) is 19.8 Å². The predicted octanol–water partition coefficient (Wildman–Crippen LogP) is 4.61. The zero-order chi connectivity index (χ0) is 18.4. The third-order valence-electron chi connectivity index (χ3n) is 5.43. The molecule has 0 radical (unpaired) electrons. The summed E-state index contributed by atoms with van der Waals surface area (Å²) in [4.78, 5) is 0. The van der Waals surface area contributed by atoms with Gasteiger partial charge in [-0.05, 0) is 72.5 Å². The topological polar surface area (TPSA) is 44.5 Å². The van der Waals surface area contributed by atoms with E-state index in [0.29, 0.717) is 18.6 Å². The summed E-state index contributed by atoms with van der Waals surface area (Å²) in [6, 6.07) is 15.1. The Morgan fingerprint density at radius 3 is 2.81 bits per heavy atom. The Morgan fingerprint density at radius 1 is 1.15 bits per heavy atom. The van der Waals surface area contributed by atoms with Gasteiger partial charge in [0.25, 0.3) is 0 Å². The van der Waals surface area contributed by atoms with Crippen LogP contribution >= 0.6 is 0 Å². The molecule has 0 fully saturated rings. The van der Waals surface area contributed by atoms with E-state index in [1.165, 1.54) is 29.5 Å². The van der Waals surface area contributed by atoms with Gasteiger partial charge in [-0.2, -0.15) is 0 Å². The van der Waals surface area contributed by atoms with Crippen LogP contribution in [0.3, 0.4) is 0 Å². The lowest BCUT2D eigenvalue weighted by Crippen LogP contribution is -2.23. The first-order valence-electron chi connectivity index (χ1n) is 9.79. The molecule has 2 aromatic rings. The van der Waals surface area contributed by atoms with Gasteiger partial charge in [-0.3, -0.25) is 0 Å². The number of fused-ring (bicyclic) bond motifs is 1. The molecule has 26 heavy (non-hydrogen) atoms. The van der Waals surface area contributed by atoms with E-state index in [4.69, 9.17) is 15.2 Å². The molecule has 0 amide bonds. The summed E-state index contributed by atoms with van der Waals surface area (Å²) in [6.07, 6.45) is 5.82. The van der Waals surface area contributed by atoms with Crippen molar-refractivity contribution in [1.29, 1.82) is 0 Å². The van der Waals surface area contributed by atoms with E-state index in [-0.39, 0.29) is 0 Å². The van der Waals surface area contributed by atoms with Crippen LogP contribution < -0.4 is 10.5 Å². The van der Waals surface area contributed by atoms with Crippen LogP contribution in [0.4, 0.5) is 0 Å². The molecule has 0 saturated carbocycles. The van der Waals surface area contributed by atoms with Gasteiger partial charge < -0.3 is 15.2 Å². The van der Waals surface area contributed by atoms with Crippen LogP contribution in [-0.2, 0) is 24.2 Å². The van der Waals surface area contributed by atoms with Crippen LogP contribution in [0.5, 0.6) is 5.75 Å². The number of ether oxygens (including phenoxy) is 2. The fourth-order valence-electron chi connectivity index (χ4n) is 3.88. The van der Waals surface area contributed by atoms with E-state index >= 15 is 0 Å². The summed E-state index contributed by atoms with van der Waals surface area (Å²) in [5.74, 6) is 1.38. The first-order valence-corrected chi connectivity index (χ1v) is 9.79. The standard InChI is InChI=1S/C23H31NO2/c1-3-5-21(15-24)19-8-9-20-14-23(11-10-18(20)13-19)26-16-17-6-4-7-22(12-17)25-2/h4,6-9,12-13,21,23H,3,5,10-11,14-16,24H2,1-2H3/t21?,23-/m0/s1. The molecule has 0 spiro atoms. The summed E-state index contributed by atoms with van der Waals surface area (Å²) >= 11 is 0. The molecule has 140 valence electrons. The number of methoxy groups -OCH3 is 1. The number of hydrogen-bond acceptors (Lipinski definition) is 3. The largest absolute Gasteiger partial charge is 0.497 e. The Hall–Kier alpha value is -1.84. The molecule has 0 heterocycles. The number of aryl methyl sites for hydroxylation is 1. The summed E-state index contributed by atoms with van der Waals surface area (Å²) < 4.78 is 11.5. The first-order chi connectivity index (χ1) is 12.7. The van der Waals surface area contributed by atoms with Crippen LogP contribution in [0.1, 0.15) is 54.4 Å². The highest BCUT2D eigenvalue weighted by Crippen LogP contribution is 2.29. The fourth-order valence-corrected chi connectivity index (χ4v) is 3.88. The van der Waals surface area contributed by atoms with E-state index in [1.54, 1.807) is 7.11 Å². The van der Waals surface area contributed by atoms with Gasteiger partial charge in [-0.15, -0.1) is 0 Å². The van der Waals surface area contributed by atoms with Gasteiger partial charge >= 0.3 is 0 Å². The maximum atomic E-state index is 6.19. The molecule has 3 heteroatoms. The van der Waals surface area contributed by atoms with Crippen LogP contribution in [-0.4, -0.2) is 19.8 Å². The van der Waals surface area contributed by atoms with Crippen molar-refractivity contribution in [1.82, 2.24) is 0 Å². The van der Waals surface area contributed by atoms with Crippen LogP contribution in [0, 0.1) is 0 Å². The lowest BCUT2D eigenvalue weighted by atomic mass is 9.85. The predicted molar refractivity (Wildman–Crippen MR) is 107 cm³/mol. The molecule has 3 rings (SSSR count). The second-order valence-electron chi connectivity index (χ2n) is 7.28. The molecular formula is C23H31NO2. The van der Waals surface area contributed by atoms with Gasteiger partial charge in [0.1, 0.15) is 5.75 Å². The van der Waals surface area contributed by atoms with Crippen molar-refractivity contribution in [3.8, 4) is 5.75 Å². The smallest absolute Gasteiger partial charge is 0.119 e. The molecule has 2 aromatic carbocycles. The van der Waals surface area contributed by atoms with Crippen LogP contribution in [0.25, 0.3) is 0 Å². The third-order valence-corrected chi connectivity index (χ3v) is 5.43. The van der Waals surface area contributed by atoms with Crippen molar-refractivity contribution in [2.75, 3.05) is 13.7 Å². The normalized spacial score (nSPS) is 17.6. The van der Waals surface area contributed by atoms with Crippen molar-refractivity contribution in [2.45, 2.75) is 57.7 Å². The SMILES string of the molecule is CCCC(CN)c1ccc2c(c1)CC[C@H](OCc1cccc(OC)c1)C2. The van der Waals surface area contributed by atoms with E-state index < -0.39 is 0 Å². The lowest BCUT2D eigenvalue weighted by Gasteiger charge is -2.26. The minimum Gasteiger partial charge on any atom is -0.497 e. The lowest BCUT2D eigenvalue weighted by molar-refractivity contribution is 0.0318. The second-order valence-corrected chi connectivity index (χ2v) is 7.28. The number of nitrogens with two attached hydrogens (primary N) is 1. The van der Waals surface area contributed by atoms with Gasteiger partial charge in [0, 0.05) is 0 Å². The minimum absolute atomic E-state index is 0.292. The summed E-state index contributed by atoms with van der Waals surface area (Å²) in [7, 11) is 1.70. The fraction of sp³-hybridized carbons (Fsp3) is 0.478. The minimum atomic E-state index is 0.292. The Morgan fingerprint density at radius 2 is 2.04 bits per heavy atom. The maximum absolute atomic E-state index is 6.19. The van der Waals surface area contributed by atoms with E-state index in [9.17, 15) is 0 Å². The monoisotopic (exact) mass is 353 g/mol. The number of benzene rings is 2. The Labute approximate surface area is 157 Å². The van der Waals surface area contributed by atoms with Crippen molar-refractivity contribution in [3.05, 3.63) is 64.7 Å². The molecule has 0 aliphatic heterocycles. The van der Waals surface area contributed by atoms with Crippen molar-refractivity contribution in [2.24, 2.45) is 5.73 Å². The van der Waals surface area contributed by atoms with E-state index in [0.717, 1.165) is 37.1 Å². The quantitative estimate of drug-likeness (QED) is 0.753. The van der Waals surface area contributed by atoms with Gasteiger partial charge in [0.15, 0.2) is 0 Å².